The maximum absolute atomic E-state index is 12.1. The molecule has 116 valence electrons. The first-order valence-corrected chi connectivity index (χ1v) is 8.25. The number of likely N-dealkylation sites (N-methyl/N-ethyl adjacent to an activating group) is 2. The topological polar surface area (TPSA) is 61.4 Å². The lowest BCUT2D eigenvalue weighted by Crippen LogP contribution is -2.41. The van der Waals surface area contributed by atoms with Gasteiger partial charge in [-0.1, -0.05) is 19.1 Å². The van der Waals surface area contributed by atoms with Gasteiger partial charge >= 0.3 is 0 Å². The predicted octanol–water partition coefficient (Wildman–Crippen LogP) is 1.80. The second-order valence-electron chi connectivity index (χ2n) is 4.51. The minimum atomic E-state index is -0.109. The average Bonchev–Trinajstić information content (AvgIpc) is 2.47. The van der Waals surface area contributed by atoms with E-state index in [-0.39, 0.29) is 24.9 Å². The van der Waals surface area contributed by atoms with Crippen LogP contribution in [0.15, 0.2) is 29.2 Å². The zero-order chi connectivity index (χ0) is 15.7. The van der Waals surface area contributed by atoms with Crippen molar-refractivity contribution >= 4 is 29.3 Å². The summed E-state index contributed by atoms with van der Waals surface area (Å²) in [6.07, 6.45) is 1.97. The van der Waals surface area contributed by atoms with E-state index in [4.69, 9.17) is 0 Å². The van der Waals surface area contributed by atoms with Crippen LogP contribution in [0.5, 0.6) is 0 Å². The summed E-state index contributed by atoms with van der Waals surface area (Å²) in [5.74, 6) is -0.167. The smallest absolute Gasteiger partial charge is 0.238 e. The molecule has 2 N–H and O–H groups in total. The van der Waals surface area contributed by atoms with Gasteiger partial charge in [-0.2, -0.15) is 0 Å². The molecule has 0 fully saturated rings. The summed E-state index contributed by atoms with van der Waals surface area (Å²) in [7, 11) is 0. The van der Waals surface area contributed by atoms with Crippen molar-refractivity contribution in [2.24, 2.45) is 0 Å². The van der Waals surface area contributed by atoms with Crippen molar-refractivity contribution in [2.45, 2.75) is 18.7 Å². The molecule has 0 aromatic heterocycles. The second-order valence-corrected chi connectivity index (χ2v) is 5.35. The van der Waals surface area contributed by atoms with Gasteiger partial charge in [-0.3, -0.25) is 14.5 Å². The standard InChI is InChI=1S/C15H23N3O2S/c1-4-16-14(19)10-18(5-2)11-15(20)17-12-8-6-7-9-13(12)21-3/h6-9H,4-5,10-11H2,1-3H3,(H,16,19)(H,17,20). The van der Waals surface area contributed by atoms with Crippen LogP contribution in [0.25, 0.3) is 0 Å². The van der Waals surface area contributed by atoms with E-state index in [0.717, 1.165) is 10.6 Å². The summed E-state index contributed by atoms with van der Waals surface area (Å²) >= 11 is 1.59. The van der Waals surface area contributed by atoms with Gasteiger partial charge in [-0.25, -0.2) is 0 Å². The van der Waals surface area contributed by atoms with Crippen molar-refractivity contribution in [3.63, 3.8) is 0 Å². The summed E-state index contributed by atoms with van der Waals surface area (Å²) in [5.41, 5.74) is 0.809. The number of hydrogen-bond donors (Lipinski definition) is 2. The van der Waals surface area contributed by atoms with Crippen molar-refractivity contribution in [1.29, 1.82) is 0 Å². The predicted molar refractivity (Wildman–Crippen MR) is 87.7 cm³/mol. The Labute approximate surface area is 130 Å². The number of rotatable bonds is 8. The van der Waals surface area contributed by atoms with Gasteiger partial charge in [0, 0.05) is 11.4 Å². The molecular formula is C15H23N3O2S. The number of carbonyl (C=O) groups is 2. The van der Waals surface area contributed by atoms with Gasteiger partial charge in [-0.05, 0) is 31.9 Å². The number of anilines is 1. The Morgan fingerprint density at radius 2 is 1.81 bits per heavy atom. The highest BCUT2D eigenvalue weighted by molar-refractivity contribution is 7.98. The molecule has 0 spiro atoms. The van der Waals surface area contributed by atoms with Gasteiger partial charge in [0.05, 0.1) is 18.8 Å². The molecule has 0 aliphatic carbocycles. The highest BCUT2D eigenvalue weighted by Gasteiger charge is 2.13. The number of hydrogen-bond acceptors (Lipinski definition) is 4. The van der Waals surface area contributed by atoms with Crippen molar-refractivity contribution < 1.29 is 9.59 Å². The van der Waals surface area contributed by atoms with Gasteiger partial charge in [0.1, 0.15) is 0 Å². The fourth-order valence-electron chi connectivity index (χ4n) is 1.88. The number of carbonyl (C=O) groups excluding carboxylic acids is 2. The van der Waals surface area contributed by atoms with E-state index in [1.807, 2.05) is 49.3 Å². The van der Waals surface area contributed by atoms with Gasteiger partial charge in [0.15, 0.2) is 0 Å². The molecule has 6 heteroatoms. The number of thioether (sulfide) groups is 1. The van der Waals surface area contributed by atoms with E-state index in [0.29, 0.717) is 13.1 Å². The van der Waals surface area contributed by atoms with Gasteiger partial charge in [0.2, 0.25) is 11.8 Å². The Morgan fingerprint density at radius 3 is 2.43 bits per heavy atom. The first-order valence-electron chi connectivity index (χ1n) is 7.02. The summed E-state index contributed by atoms with van der Waals surface area (Å²) in [6, 6.07) is 7.67. The lowest BCUT2D eigenvalue weighted by Gasteiger charge is -2.19. The minimum Gasteiger partial charge on any atom is -0.355 e. The number of benzene rings is 1. The molecule has 0 bridgehead atoms. The third-order valence-corrected chi connectivity index (χ3v) is 3.73. The minimum absolute atomic E-state index is 0.0586. The molecule has 21 heavy (non-hydrogen) atoms. The first kappa shape index (κ1) is 17.5. The maximum Gasteiger partial charge on any atom is 0.238 e. The van der Waals surface area contributed by atoms with Crippen LogP contribution in [0.3, 0.4) is 0 Å². The molecule has 1 aromatic rings. The van der Waals surface area contributed by atoms with Gasteiger partial charge < -0.3 is 10.6 Å². The van der Waals surface area contributed by atoms with Crippen molar-refractivity contribution in [2.75, 3.05) is 37.8 Å². The fraction of sp³-hybridized carbons (Fsp3) is 0.467. The molecule has 0 saturated carbocycles. The highest BCUT2D eigenvalue weighted by Crippen LogP contribution is 2.24. The molecule has 0 saturated heterocycles. The van der Waals surface area contributed by atoms with Crippen LogP contribution in [0.1, 0.15) is 13.8 Å². The Hall–Kier alpha value is -1.53. The SMILES string of the molecule is CCNC(=O)CN(CC)CC(=O)Nc1ccccc1SC. The number of nitrogens with zero attached hydrogens (tertiary/aromatic N) is 1. The Kier molecular flexibility index (Phi) is 7.85. The summed E-state index contributed by atoms with van der Waals surface area (Å²) in [4.78, 5) is 26.5. The lowest BCUT2D eigenvalue weighted by atomic mass is 10.3. The van der Waals surface area contributed by atoms with Crippen LogP contribution in [-0.4, -0.2) is 49.1 Å². The summed E-state index contributed by atoms with van der Waals surface area (Å²) in [6.45, 7) is 5.50. The molecule has 0 radical (unpaired) electrons. The number of amides is 2. The van der Waals surface area contributed by atoms with Crippen LogP contribution < -0.4 is 10.6 Å². The van der Waals surface area contributed by atoms with Crippen LogP contribution >= 0.6 is 11.8 Å². The van der Waals surface area contributed by atoms with E-state index < -0.39 is 0 Å². The van der Waals surface area contributed by atoms with Gasteiger partial charge in [0.25, 0.3) is 0 Å². The molecule has 0 aliphatic heterocycles. The molecule has 5 nitrogen and oxygen atoms in total. The Balaban J connectivity index is 2.56. The van der Waals surface area contributed by atoms with E-state index in [1.54, 1.807) is 11.8 Å². The van der Waals surface area contributed by atoms with Crippen molar-refractivity contribution in [1.82, 2.24) is 10.2 Å². The van der Waals surface area contributed by atoms with E-state index in [9.17, 15) is 9.59 Å². The van der Waals surface area contributed by atoms with E-state index >= 15 is 0 Å². The second kappa shape index (κ2) is 9.41. The normalized spacial score (nSPS) is 10.5. The van der Waals surface area contributed by atoms with Gasteiger partial charge in [-0.15, -0.1) is 11.8 Å². The molecule has 0 unspecified atom stereocenters. The zero-order valence-corrected chi connectivity index (χ0v) is 13.6. The molecule has 1 aromatic carbocycles. The first-order chi connectivity index (χ1) is 10.1. The third kappa shape index (κ3) is 6.18. The molecular weight excluding hydrogens is 286 g/mol. The van der Waals surface area contributed by atoms with Crippen molar-refractivity contribution in [3.8, 4) is 0 Å². The average molecular weight is 309 g/mol. The monoisotopic (exact) mass is 309 g/mol. The molecule has 0 atom stereocenters. The molecule has 1 rings (SSSR count). The zero-order valence-electron chi connectivity index (χ0n) is 12.8. The van der Waals surface area contributed by atoms with Crippen LogP contribution in [0, 0.1) is 0 Å². The maximum atomic E-state index is 12.1. The Morgan fingerprint density at radius 1 is 1.14 bits per heavy atom. The van der Waals surface area contributed by atoms with Crippen LogP contribution in [0.2, 0.25) is 0 Å². The lowest BCUT2D eigenvalue weighted by molar-refractivity contribution is -0.123. The van der Waals surface area contributed by atoms with Crippen LogP contribution in [0.4, 0.5) is 5.69 Å². The number of para-hydroxylation sites is 1. The summed E-state index contributed by atoms with van der Waals surface area (Å²) in [5, 5.41) is 5.63. The highest BCUT2D eigenvalue weighted by atomic mass is 32.2. The largest absolute Gasteiger partial charge is 0.355 e. The van der Waals surface area contributed by atoms with E-state index in [2.05, 4.69) is 10.6 Å². The van der Waals surface area contributed by atoms with E-state index in [1.165, 1.54) is 0 Å². The quantitative estimate of drug-likeness (QED) is 0.719. The molecule has 0 heterocycles. The Bertz CT molecular complexity index is 480. The number of nitrogens with one attached hydrogen (secondary N) is 2. The van der Waals surface area contributed by atoms with Crippen LogP contribution in [-0.2, 0) is 9.59 Å². The molecule has 0 aliphatic rings. The fourth-order valence-corrected chi connectivity index (χ4v) is 2.43. The summed E-state index contributed by atoms with van der Waals surface area (Å²) < 4.78 is 0. The third-order valence-electron chi connectivity index (χ3n) is 2.94. The van der Waals surface area contributed by atoms with Crippen molar-refractivity contribution in [3.05, 3.63) is 24.3 Å². The molecule has 2 amide bonds.